The van der Waals surface area contributed by atoms with Crippen molar-refractivity contribution in [3.63, 3.8) is 0 Å². The van der Waals surface area contributed by atoms with E-state index >= 15 is 0 Å². The van der Waals surface area contributed by atoms with Gasteiger partial charge in [0.15, 0.2) is 18.8 Å². The van der Waals surface area contributed by atoms with Crippen LogP contribution in [0.3, 0.4) is 0 Å². The molecule has 1 aromatic heterocycles. The van der Waals surface area contributed by atoms with E-state index in [4.69, 9.17) is 4.74 Å². The molecule has 182 valence electrons. The lowest BCUT2D eigenvalue weighted by Gasteiger charge is -2.45. The highest BCUT2D eigenvalue weighted by Gasteiger charge is 2.52. The third-order valence-corrected chi connectivity index (χ3v) is 7.98. The van der Waals surface area contributed by atoms with Crippen LogP contribution in [0.15, 0.2) is 67.3 Å². The van der Waals surface area contributed by atoms with Gasteiger partial charge >= 0.3 is 0 Å². The number of allylic oxidation sites excluding steroid dienone is 6. The van der Waals surface area contributed by atoms with Gasteiger partial charge in [-0.1, -0.05) is 86.3 Å². The van der Waals surface area contributed by atoms with Gasteiger partial charge in [-0.15, -0.1) is 0 Å². The molecule has 0 aliphatic carbocycles. The van der Waals surface area contributed by atoms with E-state index in [2.05, 4.69) is 29.5 Å². The Labute approximate surface area is 210 Å². The van der Waals surface area contributed by atoms with Gasteiger partial charge in [0.25, 0.3) is 5.91 Å². The Kier molecular flexibility index (Phi) is 7.68. The molecular formula is C27H35B2N3O3. The second-order valence-corrected chi connectivity index (χ2v) is 10.3. The molecule has 2 amide bonds. The van der Waals surface area contributed by atoms with Gasteiger partial charge in [-0.3, -0.25) is 14.5 Å². The maximum Gasteiger partial charge on any atom is 0.254 e. The number of carbonyl (C=O) groups excluding carboxylic acids is 2. The Hall–Kier alpha value is -3.02. The predicted molar refractivity (Wildman–Crippen MR) is 145 cm³/mol. The quantitative estimate of drug-likeness (QED) is 0.487. The van der Waals surface area contributed by atoms with Gasteiger partial charge in [0.2, 0.25) is 5.91 Å². The Morgan fingerprint density at radius 1 is 1.26 bits per heavy atom. The molecule has 3 atom stereocenters. The summed E-state index contributed by atoms with van der Waals surface area (Å²) in [5.74, 6) is 0.827. The van der Waals surface area contributed by atoms with E-state index in [0.29, 0.717) is 11.6 Å². The first-order valence-electron chi connectivity index (χ1n) is 12.7. The molecule has 1 aromatic rings. The SMILES string of the molecule is C=C/C=C\C=C(\BC12BC(C(=O)NC3COc4cccnc4N(C)C3=O)(CCCC1)CCC2)C=C. The predicted octanol–water partition coefficient (Wildman–Crippen LogP) is 3.64. The van der Waals surface area contributed by atoms with Crippen LogP contribution in [0.25, 0.3) is 0 Å². The van der Waals surface area contributed by atoms with E-state index < -0.39 is 11.4 Å². The number of carbonyl (C=O) groups is 2. The molecule has 0 spiro atoms. The number of fused-ring (bicyclic) bond motifs is 3. The largest absolute Gasteiger partial charge is 0.487 e. The summed E-state index contributed by atoms with van der Waals surface area (Å²) in [7, 11) is 3.45. The monoisotopic (exact) mass is 471 g/mol. The van der Waals surface area contributed by atoms with Crippen LogP contribution in [0.4, 0.5) is 5.82 Å². The summed E-state index contributed by atoms with van der Waals surface area (Å²) in [4.78, 5) is 32.9. The van der Waals surface area contributed by atoms with Gasteiger partial charge in [0.1, 0.15) is 19.9 Å². The lowest BCUT2D eigenvalue weighted by atomic mass is 9.21. The molecule has 3 aliphatic heterocycles. The molecule has 0 saturated carbocycles. The first-order chi connectivity index (χ1) is 16.9. The molecule has 1 N–H and O–H groups in total. The van der Waals surface area contributed by atoms with Crippen molar-refractivity contribution < 1.29 is 14.3 Å². The summed E-state index contributed by atoms with van der Waals surface area (Å²) in [6.07, 6.45) is 18.5. The van der Waals surface area contributed by atoms with Crippen molar-refractivity contribution in [1.82, 2.24) is 10.3 Å². The molecule has 4 heterocycles. The highest BCUT2D eigenvalue weighted by atomic mass is 16.5. The minimum absolute atomic E-state index is 0.00609. The van der Waals surface area contributed by atoms with E-state index in [-0.39, 0.29) is 23.6 Å². The third-order valence-electron chi connectivity index (χ3n) is 7.98. The van der Waals surface area contributed by atoms with Gasteiger partial charge in [0.05, 0.1) is 0 Å². The van der Waals surface area contributed by atoms with Crippen LogP contribution in [-0.2, 0) is 9.59 Å². The standard InChI is InChI=1S/C27H35B2N3O3/c1-4-6-7-12-20(5-2)28-27-16-9-8-14-26(29-27,15-11-17-27)25(34)31-21-19-35-22-13-10-18-30-23(22)32(3)24(21)33/h4-7,10,12-13,18,21,28-29H,1-2,8-9,11,14-17,19H2,3H3,(H,31,34)/b7-6-,20-12+. The summed E-state index contributed by atoms with van der Waals surface area (Å²) in [5.41, 5.74) is 1.19. The third kappa shape index (κ3) is 5.31. The number of anilines is 1. The number of aromatic nitrogens is 1. The minimum atomic E-state index is -0.733. The van der Waals surface area contributed by atoms with Crippen molar-refractivity contribution in [2.75, 3.05) is 18.6 Å². The van der Waals surface area contributed by atoms with Crippen LogP contribution in [0.2, 0.25) is 10.5 Å². The summed E-state index contributed by atoms with van der Waals surface area (Å²) in [6, 6.07) is 2.84. The first kappa shape index (κ1) is 25.1. The fraction of sp³-hybridized carbons (Fsp3) is 0.444. The highest BCUT2D eigenvalue weighted by Crippen LogP contribution is 2.56. The van der Waals surface area contributed by atoms with Crippen molar-refractivity contribution in [3.8, 4) is 5.75 Å². The average molecular weight is 471 g/mol. The zero-order chi connectivity index (χ0) is 24.9. The van der Waals surface area contributed by atoms with E-state index in [9.17, 15) is 9.59 Å². The van der Waals surface area contributed by atoms with E-state index in [0.717, 1.165) is 59.5 Å². The number of likely N-dealkylation sites (N-methyl/N-ethyl adjacent to an activating group) is 1. The lowest BCUT2D eigenvalue weighted by Crippen LogP contribution is -2.55. The van der Waals surface area contributed by atoms with E-state index in [1.807, 2.05) is 18.2 Å². The van der Waals surface area contributed by atoms with Gasteiger partial charge in [-0.25, -0.2) is 4.98 Å². The first-order valence-corrected chi connectivity index (χ1v) is 12.7. The van der Waals surface area contributed by atoms with Crippen LogP contribution >= 0.6 is 0 Å². The van der Waals surface area contributed by atoms with Crippen molar-refractivity contribution in [3.05, 3.63) is 67.3 Å². The molecular weight excluding hydrogens is 436 g/mol. The fourth-order valence-electron chi connectivity index (χ4n) is 6.27. The average Bonchev–Trinajstić information content (AvgIpc) is 3.07. The molecule has 6 nitrogen and oxygen atoms in total. The molecule has 3 aliphatic rings. The second-order valence-electron chi connectivity index (χ2n) is 10.3. The van der Waals surface area contributed by atoms with Crippen molar-refractivity contribution in [1.29, 1.82) is 0 Å². The maximum absolute atomic E-state index is 13.9. The molecule has 3 unspecified atom stereocenters. The van der Waals surface area contributed by atoms with Crippen molar-refractivity contribution in [2.24, 2.45) is 0 Å². The lowest BCUT2D eigenvalue weighted by molar-refractivity contribution is -0.130. The number of amides is 2. The van der Waals surface area contributed by atoms with Crippen LogP contribution in [0.1, 0.15) is 44.9 Å². The summed E-state index contributed by atoms with van der Waals surface area (Å²) in [6.45, 7) is 7.88. The number of hydrogen-bond donors (Lipinski definition) is 1. The zero-order valence-corrected chi connectivity index (χ0v) is 20.8. The van der Waals surface area contributed by atoms with Crippen molar-refractivity contribution in [2.45, 2.75) is 61.5 Å². The van der Waals surface area contributed by atoms with Crippen LogP contribution < -0.4 is 15.0 Å². The molecule has 2 bridgehead atoms. The Morgan fingerprint density at radius 3 is 2.83 bits per heavy atom. The fourth-order valence-corrected chi connectivity index (χ4v) is 6.27. The van der Waals surface area contributed by atoms with Crippen LogP contribution in [-0.4, -0.2) is 51.1 Å². The molecule has 2 fully saturated rings. The Morgan fingerprint density at radius 2 is 2.03 bits per heavy atom. The highest BCUT2D eigenvalue weighted by molar-refractivity contribution is 6.70. The molecule has 0 aromatic carbocycles. The Bertz CT molecular complexity index is 1060. The maximum atomic E-state index is 13.9. The van der Waals surface area contributed by atoms with Crippen molar-refractivity contribution >= 4 is 32.2 Å². The van der Waals surface area contributed by atoms with Gasteiger partial charge < -0.3 is 10.1 Å². The number of hydrogen-bond acceptors (Lipinski definition) is 4. The van der Waals surface area contributed by atoms with E-state index in [1.165, 1.54) is 10.4 Å². The molecule has 2 saturated heterocycles. The second kappa shape index (κ2) is 10.7. The van der Waals surface area contributed by atoms with Crippen LogP contribution in [0.5, 0.6) is 5.75 Å². The van der Waals surface area contributed by atoms with E-state index in [1.54, 1.807) is 31.5 Å². The topological polar surface area (TPSA) is 71.5 Å². The number of nitrogens with one attached hydrogen (secondary N) is 1. The molecule has 35 heavy (non-hydrogen) atoms. The van der Waals surface area contributed by atoms with Gasteiger partial charge in [-0.2, -0.15) is 0 Å². The summed E-state index contributed by atoms with van der Waals surface area (Å²) >= 11 is 0. The number of ether oxygens (including phenoxy) is 1. The number of rotatable bonds is 7. The smallest absolute Gasteiger partial charge is 0.254 e. The number of nitrogens with zero attached hydrogens (tertiary/aromatic N) is 2. The molecule has 4 rings (SSSR count). The summed E-state index contributed by atoms with van der Waals surface area (Å²) in [5, 5.41) is 2.73. The molecule has 0 radical (unpaired) electrons. The summed E-state index contributed by atoms with van der Waals surface area (Å²) < 4.78 is 5.88. The number of pyridine rings is 1. The van der Waals surface area contributed by atoms with Gasteiger partial charge in [0, 0.05) is 18.6 Å². The zero-order valence-electron chi connectivity index (χ0n) is 20.8. The Balaban J connectivity index is 1.53. The van der Waals surface area contributed by atoms with Crippen LogP contribution in [0, 0.1) is 0 Å². The van der Waals surface area contributed by atoms with Gasteiger partial charge in [-0.05, 0) is 25.0 Å². The minimum Gasteiger partial charge on any atom is -0.487 e. The molecule has 8 heteroatoms. The normalized spacial score (nSPS) is 28.6.